The predicted molar refractivity (Wildman–Crippen MR) is 89.7 cm³/mol. The van der Waals surface area contributed by atoms with Crippen molar-refractivity contribution in [2.75, 3.05) is 12.3 Å². The fourth-order valence-electron chi connectivity index (χ4n) is 1.98. The van der Waals surface area contributed by atoms with Crippen LogP contribution in [0, 0.1) is 5.92 Å². The van der Waals surface area contributed by atoms with Crippen molar-refractivity contribution >= 4 is 17.7 Å². The molecule has 1 aromatic heterocycles. The molecule has 0 fully saturated rings. The second-order valence-electron chi connectivity index (χ2n) is 5.40. The summed E-state index contributed by atoms with van der Waals surface area (Å²) in [7, 11) is 0. The SMILES string of the molecule is CCn1c(SCC(=O)NCC(C)C)nnc1-c1ccccc1. The second-order valence-corrected chi connectivity index (χ2v) is 6.35. The maximum Gasteiger partial charge on any atom is 0.230 e. The quantitative estimate of drug-likeness (QED) is 0.798. The first-order chi connectivity index (χ1) is 10.6. The minimum atomic E-state index is 0.0330. The van der Waals surface area contributed by atoms with Crippen molar-refractivity contribution in [1.29, 1.82) is 0 Å². The first-order valence-corrected chi connectivity index (χ1v) is 8.48. The molecule has 0 aliphatic rings. The average molecular weight is 318 g/mol. The first kappa shape index (κ1) is 16.5. The largest absolute Gasteiger partial charge is 0.355 e. The molecule has 0 saturated heterocycles. The molecule has 1 N–H and O–H groups in total. The Labute approximate surface area is 135 Å². The Bertz CT molecular complexity index is 610. The van der Waals surface area contributed by atoms with Gasteiger partial charge in [0, 0.05) is 18.7 Å². The third kappa shape index (κ3) is 4.34. The number of thioether (sulfide) groups is 1. The van der Waals surface area contributed by atoms with E-state index in [1.54, 1.807) is 0 Å². The molecule has 0 unspecified atom stereocenters. The van der Waals surface area contributed by atoms with Gasteiger partial charge in [0.1, 0.15) is 0 Å². The monoisotopic (exact) mass is 318 g/mol. The number of benzene rings is 1. The number of nitrogens with one attached hydrogen (secondary N) is 1. The molecule has 0 atom stereocenters. The van der Waals surface area contributed by atoms with Crippen molar-refractivity contribution in [2.24, 2.45) is 5.92 Å². The maximum absolute atomic E-state index is 11.8. The van der Waals surface area contributed by atoms with E-state index in [0.717, 1.165) is 23.1 Å². The highest BCUT2D eigenvalue weighted by atomic mass is 32.2. The molecular formula is C16H22N4OS. The number of carbonyl (C=O) groups excluding carboxylic acids is 1. The van der Waals surface area contributed by atoms with Crippen LogP contribution in [0.25, 0.3) is 11.4 Å². The standard InChI is InChI=1S/C16H22N4OS/c1-4-20-15(13-8-6-5-7-9-13)18-19-16(20)22-11-14(21)17-10-12(2)3/h5-9,12H,4,10-11H2,1-3H3,(H,17,21). The lowest BCUT2D eigenvalue weighted by Gasteiger charge is -2.08. The van der Waals surface area contributed by atoms with Crippen LogP contribution in [-0.2, 0) is 11.3 Å². The van der Waals surface area contributed by atoms with Crippen LogP contribution in [0.1, 0.15) is 20.8 Å². The highest BCUT2D eigenvalue weighted by Crippen LogP contribution is 2.23. The summed E-state index contributed by atoms with van der Waals surface area (Å²) in [5, 5.41) is 12.2. The Morgan fingerprint density at radius 1 is 1.27 bits per heavy atom. The van der Waals surface area contributed by atoms with E-state index in [4.69, 9.17) is 0 Å². The van der Waals surface area contributed by atoms with Crippen molar-refractivity contribution in [1.82, 2.24) is 20.1 Å². The van der Waals surface area contributed by atoms with Crippen molar-refractivity contribution in [2.45, 2.75) is 32.5 Å². The van der Waals surface area contributed by atoms with E-state index in [0.29, 0.717) is 18.2 Å². The fraction of sp³-hybridized carbons (Fsp3) is 0.438. The van der Waals surface area contributed by atoms with E-state index in [1.165, 1.54) is 11.8 Å². The molecule has 1 heterocycles. The van der Waals surface area contributed by atoms with Gasteiger partial charge in [-0.25, -0.2) is 0 Å². The lowest BCUT2D eigenvalue weighted by atomic mass is 10.2. The fourth-order valence-corrected chi connectivity index (χ4v) is 2.81. The summed E-state index contributed by atoms with van der Waals surface area (Å²) in [6.07, 6.45) is 0. The molecule has 2 aromatic rings. The molecule has 2 rings (SSSR count). The van der Waals surface area contributed by atoms with Gasteiger partial charge in [0.05, 0.1) is 5.75 Å². The van der Waals surface area contributed by atoms with Gasteiger partial charge >= 0.3 is 0 Å². The summed E-state index contributed by atoms with van der Waals surface area (Å²) in [6.45, 7) is 7.68. The van der Waals surface area contributed by atoms with E-state index < -0.39 is 0 Å². The van der Waals surface area contributed by atoms with E-state index >= 15 is 0 Å². The van der Waals surface area contributed by atoms with Gasteiger partial charge in [-0.1, -0.05) is 55.9 Å². The second kappa shape index (κ2) is 7.98. The summed E-state index contributed by atoms with van der Waals surface area (Å²) in [5.41, 5.74) is 1.04. The average Bonchev–Trinajstić information content (AvgIpc) is 2.94. The van der Waals surface area contributed by atoms with Gasteiger partial charge in [-0.2, -0.15) is 0 Å². The summed E-state index contributed by atoms with van der Waals surface area (Å²) in [5.74, 6) is 1.69. The number of hydrogen-bond donors (Lipinski definition) is 1. The Hall–Kier alpha value is -1.82. The summed E-state index contributed by atoms with van der Waals surface area (Å²) < 4.78 is 2.04. The molecule has 22 heavy (non-hydrogen) atoms. The molecule has 0 aliphatic carbocycles. The molecule has 0 spiro atoms. The third-order valence-electron chi connectivity index (χ3n) is 3.10. The van der Waals surface area contributed by atoms with E-state index in [9.17, 15) is 4.79 Å². The van der Waals surface area contributed by atoms with Gasteiger partial charge < -0.3 is 9.88 Å². The molecule has 1 amide bonds. The van der Waals surface area contributed by atoms with Crippen molar-refractivity contribution in [3.8, 4) is 11.4 Å². The zero-order chi connectivity index (χ0) is 15.9. The molecular weight excluding hydrogens is 296 g/mol. The number of carbonyl (C=O) groups is 1. The third-order valence-corrected chi connectivity index (χ3v) is 4.07. The number of rotatable bonds is 7. The number of amides is 1. The molecule has 0 radical (unpaired) electrons. The van der Waals surface area contributed by atoms with Gasteiger partial charge in [0.25, 0.3) is 0 Å². The zero-order valence-electron chi connectivity index (χ0n) is 13.2. The number of hydrogen-bond acceptors (Lipinski definition) is 4. The normalized spacial score (nSPS) is 10.9. The molecule has 1 aromatic carbocycles. The summed E-state index contributed by atoms with van der Waals surface area (Å²) >= 11 is 1.42. The van der Waals surface area contributed by atoms with Crippen molar-refractivity contribution in [3.63, 3.8) is 0 Å². The molecule has 6 heteroatoms. The van der Waals surface area contributed by atoms with Crippen LogP contribution in [0.2, 0.25) is 0 Å². The summed E-state index contributed by atoms with van der Waals surface area (Å²) in [6, 6.07) is 9.97. The molecule has 0 aliphatic heterocycles. The van der Waals surface area contributed by atoms with Crippen molar-refractivity contribution in [3.05, 3.63) is 30.3 Å². The van der Waals surface area contributed by atoms with Crippen LogP contribution in [0.4, 0.5) is 0 Å². The van der Waals surface area contributed by atoms with Crippen molar-refractivity contribution < 1.29 is 4.79 Å². The maximum atomic E-state index is 11.8. The highest BCUT2D eigenvalue weighted by Gasteiger charge is 2.14. The lowest BCUT2D eigenvalue weighted by molar-refractivity contribution is -0.118. The smallest absolute Gasteiger partial charge is 0.230 e. The molecule has 0 saturated carbocycles. The van der Waals surface area contributed by atoms with E-state index in [-0.39, 0.29) is 5.91 Å². The Morgan fingerprint density at radius 2 is 2.00 bits per heavy atom. The topological polar surface area (TPSA) is 59.8 Å². The number of nitrogens with zero attached hydrogens (tertiary/aromatic N) is 3. The Balaban J connectivity index is 2.03. The van der Waals surface area contributed by atoms with Crippen LogP contribution < -0.4 is 5.32 Å². The molecule has 0 bridgehead atoms. The van der Waals surface area contributed by atoms with Crippen LogP contribution >= 0.6 is 11.8 Å². The Morgan fingerprint density at radius 3 is 2.64 bits per heavy atom. The van der Waals surface area contributed by atoms with Crippen LogP contribution in [0.3, 0.4) is 0 Å². The minimum Gasteiger partial charge on any atom is -0.355 e. The number of aromatic nitrogens is 3. The van der Waals surface area contributed by atoms with Gasteiger partial charge in [-0.15, -0.1) is 10.2 Å². The first-order valence-electron chi connectivity index (χ1n) is 7.50. The van der Waals surface area contributed by atoms with Gasteiger partial charge in [-0.05, 0) is 12.8 Å². The summed E-state index contributed by atoms with van der Waals surface area (Å²) in [4.78, 5) is 11.8. The van der Waals surface area contributed by atoms with Crippen LogP contribution in [-0.4, -0.2) is 33.0 Å². The van der Waals surface area contributed by atoms with Crippen LogP contribution in [0.15, 0.2) is 35.5 Å². The molecule has 118 valence electrons. The molecule has 5 nitrogen and oxygen atoms in total. The van der Waals surface area contributed by atoms with Crippen LogP contribution in [0.5, 0.6) is 0 Å². The van der Waals surface area contributed by atoms with E-state index in [2.05, 4.69) is 36.3 Å². The zero-order valence-corrected chi connectivity index (χ0v) is 14.1. The van der Waals surface area contributed by atoms with E-state index in [1.807, 2.05) is 34.9 Å². The van der Waals surface area contributed by atoms with Gasteiger partial charge in [-0.3, -0.25) is 4.79 Å². The lowest BCUT2D eigenvalue weighted by Crippen LogP contribution is -2.28. The van der Waals surface area contributed by atoms with Gasteiger partial charge in [0.2, 0.25) is 5.91 Å². The Kier molecular flexibility index (Phi) is 6.00. The van der Waals surface area contributed by atoms with Gasteiger partial charge in [0.15, 0.2) is 11.0 Å². The minimum absolute atomic E-state index is 0.0330. The highest BCUT2D eigenvalue weighted by molar-refractivity contribution is 7.99. The predicted octanol–water partition coefficient (Wildman–Crippen LogP) is 2.83.